The fourth-order valence-corrected chi connectivity index (χ4v) is 5.55. The summed E-state index contributed by atoms with van der Waals surface area (Å²) in [4.78, 5) is 58.0. The molecule has 0 aliphatic heterocycles. The van der Waals surface area contributed by atoms with Gasteiger partial charge in [0.05, 0.1) is 18.8 Å². The average Bonchev–Trinajstić information content (AvgIpc) is 2.98. The number of aromatic nitrogens is 1. The van der Waals surface area contributed by atoms with E-state index in [-0.39, 0.29) is 18.9 Å². The van der Waals surface area contributed by atoms with Crippen LogP contribution in [0.3, 0.4) is 0 Å². The molecule has 1 amide bonds. The molecule has 1 heterocycles. The fraction of sp³-hybridized carbons (Fsp3) is 0.606. The van der Waals surface area contributed by atoms with Crippen LogP contribution >= 0.6 is 7.94 Å². The van der Waals surface area contributed by atoms with Crippen molar-refractivity contribution < 1.29 is 33.7 Å². The fourth-order valence-electron chi connectivity index (χ4n) is 4.91. The van der Waals surface area contributed by atoms with E-state index in [2.05, 4.69) is 17.2 Å². The van der Waals surface area contributed by atoms with Gasteiger partial charge in [0.2, 0.25) is 11.7 Å². The van der Waals surface area contributed by atoms with E-state index in [1.54, 1.807) is 49.7 Å². The molecule has 0 unspecified atom stereocenters. The topological polar surface area (TPSA) is 138 Å². The van der Waals surface area contributed by atoms with Crippen LogP contribution in [0.2, 0.25) is 0 Å². The summed E-state index contributed by atoms with van der Waals surface area (Å²) in [5.41, 5.74) is 1.47. The number of hydrogen-bond acceptors (Lipinski definition) is 8. The molecular formula is C33H52N2O7P+. The second-order valence-corrected chi connectivity index (χ2v) is 13.0. The first-order valence-electron chi connectivity index (χ1n) is 15.8. The molecule has 0 aliphatic carbocycles. The number of rotatable bonds is 24. The maximum absolute atomic E-state index is 12.8. The van der Waals surface area contributed by atoms with E-state index in [1.165, 1.54) is 64.2 Å². The van der Waals surface area contributed by atoms with E-state index in [9.17, 15) is 24.3 Å². The number of pyridine rings is 1. The van der Waals surface area contributed by atoms with Crippen molar-refractivity contribution in [3.8, 4) is 11.5 Å². The minimum absolute atomic E-state index is 0.154. The highest BCUT2D eigenvalue weighted by Crippen LogP contribution is 2.44. The zero-order valence-electron chi connectivity index (χ0n) is 26.0. The van der Waals surface area contributed by atoms with Crippen LogP contribution < -0.4 is 14.8 Å². The van der Waals surface area contributed by atoms with Gasteiger partial charge in [-0.3, -0.25) is 14.6 Å². The molecule has 0 fully saturated rings. The van der Waals surface area contributed by atoms with E-state index < -0.39 is 25.9 Å². The van der Waals surface area contributed by atoms with Crippen molar-refractivity contribution in [2.75, 3.05) is 13.3 Å². The van der Waals surface area contributed by atoms with Crippen molar-refractivity contribution in [1.29, 1.82) is 0 Å². The Morgan fingerprint density at radius 3 is 1.98 bits per heavy atom. The molecule has 9 nitrogen and oxygen atoms in total. The third-order valence-corrected chi connectivity index (χ3v) is 8.11. The summed E-state index contributed by atoms with van der Waals surface area (Å²) in [7, 11) is -2.73. The van der Waals surface area contributed by atoms with Crippen molar-refractivity contribution in [2.24, 2.45) is 0 Å². The Balaban J connectivity index is 1.74. The number of amides is 1. The molecule has 10 heteroatoms. The van der Waals surface area contributed by atoms with Gasteiger partial charge in [-0.1, -0.05) is 96.1 Å². The second kappa shape index (κ2) is 21.2. The number of benzene rings is 1. The van der Waals surface area contributed by atoms with Crippen LogP contribution in [0.15, 0.2) is 42.6 Å². The maximum Gasteiger partial charge on any atom is 0.411 e. The summed E-state index contributed by atoms with van der Waals surface area (Å²) in [6.45, 7) is 2.49. The lowest BCUT2D eigenvalue weighted by atomic mass is 10.0. The van der Waals surface area contributed by atoms with Crippen LogP contribution in [0.1, 0.15) is 108 Å². The van der Waals surface area contributed by atoms with Crippen LogP contribution in [-0.4, -0.2) is 50.7 Å². The van der Waals surface area contributed by atoms with E-state index >= 15 is 0 Å². The Kier molecular flexibility index (Phi) is 18.0. The summed E-state index contributed by atoms with van der Waals surface area (Å²) in [6, 6.07) is 9.65. The summed E-state index contributed by atoms with van der Waals surface area (Å²) >= 11 is 0. The van der Waals surface area contributed by atoms with E-state index in [0.717, 1.165) is 24.8 Å². The molecule has 2 aromatic rings. The van der Waals surface area contributed by atoms with Crippen LogP contribution in [0.4, 0.5) is 0 Å². The number of ketones is 1. The lowest BCUT2D eigenvalue weighted by molar-refractivity contribution is -0.126. The maximum atomic E-state index is 12.8. The summed E-state index contributed by atoms with van der Waals surface area (Å²) in [5, 5.41) is 2.75. The minimum atomic E-state index is -4.31. The monoisotopic (exact) mass is 619 g/mol. The first kappa shape index (κ1) is 36.6. The molecule has 0 bridgehead atoms. The van der Waals surface area contributed by atoms with Crippen molar-refractivity contribution in [2.45, 2.75) is 116 Å². The molecule has 1 atom stereocenters. The highest BCUT2D eigenvalue weighted by molar-refractivity contribution is 7.59. The Morgan fingerprint density at radius 2 is 1.42 bits per heavy atom. The Hall–Kier alpha value is -2.58. The minimum Gasteiger partial charge on any atom is -0.497 e. The van der Waals surface area contributed by atoms with Gasteiger partial charge in [0.1, 0.15) is 18.1 Å². The lowest BCUT2D eigenvalue weighted by Gasteiger charge is -2.18. The van der Waals surface area contributed by atoms with Gasteiger partial charge in [0.15, 0.2) is 6.16 Å². The molecule has 0 saturated heterocycles. The molecule has 240 valence electrons. The molecule has 0 spiro atoms. The van der Waals surface area contributed by atoms with E-state index in [0.29, 0.717) is 23.6 Å². The van der Waals surface area contributed by atoms with Gasteiger partial charge < -0.3 is 14.8 Å². The zero-order chi connectivity index (χ0) is 31.3. The third-order valence-electron chi connectivity index (χ3n) is 7.37. The number of hydrogen-bond donors (Lipinski definition) is 4. The quantitative estimate of drug-likeness (QED) is 0.0773. The Morgan fingerprint density at radius 1 is 0.837 bits per heavy atom. The van der Waals surface area contributed by atoms with Crippen LogP contribution in [0, 0.1) is 0 Å². The summed E-state index contributed by atoms with van der Waals surface area (Å²) < 4.78 is 11.0. The Labute approximate surface area is 258 Å². The highest BCUT2D eigenvalue weighted by atomic mass is 31.2. The molecule has 2 rings (SSSR count). The number of ether oxygens (including phenoxy) is 2. The lowest BCUT2D eigenvalue weighted by Crippen LogP contribution is -2.43. The number of carbonyl (C=O) groups excluding carboxylic acids is 2. The van der Waals surface area contributed by atoms with Gasteiger partial charge >= 0.3 is 7.94 Å². The first-order chi connectivity index (χ1) is 20.7. The van der Waals surface area contributed by atoms with Crippen molar-refractivity contribution in [3.63, 3.8) is 0 Å². The van der Waals surface area contributed by atoms with Crippen molar-refractivity contribution >= 4 is 19.6 Å². The number of methoxy groups -OCH3 is 1. The van der Waals surface area contributed by atoms with Crippen LogP contribution in [0.25, 0.3) is 0 Å². The van der Waals surface area contributed by atoms with Gasteiger partial charge in [-0.15, -0.1) is 0 Å². The number of nitrogens with one attached hydrogen (secondary N) is 1. The summed E-state index contributed by atoms with van der Waals surface area (Å²) in [5.74, 6) is 0.415. The van der Waals surface area contributed by atoms with E-state index in [1.807, 2.05) is 0 Å². The van der Waals surface area contributed by atoms with Gasteiger partial charge in [0.25, 0.3) is 0 Å². The predicted molar refractivity (Wildman–Crippen MR) is 171 cm³/mol. The molecule has 43 heavy (non-hydrogen) atoms. The summed E-state index contributed by atoms with van der Waals surface area (Å²) in [6.07, 6.45) is 17.1. The molecule has 0 aliphatic rings. The van der Waals surface area contributed by atoms with E-state index in [4.69, 9.17) is 9.47 Å². The number of nitrogens with zero attached hydrogens (tertiary/aromatic N) is 1. The molecule has 0 saturated carbocycles. The van der Waals surface area contributed by atoms with Crippen molar-refractivity contribution in [1.82, 2.24) is 10.3 Å². The smallest absolute Gasteiger partial charge is 0.411 e. The van der Waals surface area contributed by atoms with Gasteiger partial charge in [-0.2, -0.15) is 14.7 Å². The molecular weight excluding hydrogens is 567 g/mol. The van der Waals surface area contributed by atoms with Gasteiger partial charge in [-0.25, -0.2) is 0 Å². The van der Waals surface area contributed by atoms with Crippen LogP contribution in [0.5, 0.6) is 11.5 Å². The highest BCUT2D eigenvalue weighted by Gasteiger charge is 2.37. The molecule has 4 N–H and O–H groups in total. The number of unbranched alkanes of at least 4 members (excludes halogenated alkanes) is 12. The number of carbonyl (C=O) groups is 2. The van der Waals surface area contributed by atoms with Crippen molar-refractivity contribution in [3.05, 3.63) is 53.9 Å². The van der Waals surface area contributed by atoms with Crippen LogP contribution in [-0.2, 0) is 22.6 Å². The second-order valence-electron chi connectivity index (χ2n) is 11.3. The largest absolute Gasteiger partial charge is 0.497 e. The molecule has 1 aromatic heterocycles. The SMILES string of the molecule is CCCCCCCCCCCCCCCC(=O)N[C@@H](Cc1ccc(OCc2cc(OC)ccn2)cc1)C(=O)C[P+](O)(O)O. The molecule has 0 radical (unpaired) electrons. The number of Topliss-reactive ketones (excluding diaryl/α,β-unsaturated/α-hetero) is 1. The zero-order valence-corrected chi connectivity index (χ0v) is 26.9. The third kappa shape index (κ3) is 17.3. The predicted octanol–water partition coefficient (Wildman–Crippen LogP) is 6.49. The molecule has 1 aromatic carbocycles. The van der Waals surface area contributed by atoms with Gasteiger partial charge in [-0.05, 0) is 36.6 Å². The standard InChI is InChI=1S/C33H51N2O7P/c1-3-4-5-6-7-8-9-10-11-12-13-14-15-16-33(37)35-31(32(36)26-43(38,39)40)23-27-17-19-29(20-18-27)42-25-28-24-30(41-2)21-22-34-28/h17-22,24,31,38-40H,3-16,23,25-26H2,1-2H3/p+1/t31-/m0/s1. The average molecular weight is 620 g/mol. The first-order valence-corrected chi connectivity index (χ1v) is 17.6. The Bertz CT molecular complexity index is 1060. The normalized spacial score (nSPS) is 12.1. The van der Waals surface area contributed by atoms with Gasteiger partial charge in [0, 0.05) is 18.7 Å².